The van der Waals surface area contributed by atoms with E-state index in [1.807, 2.05) is 31.2 Å². The van der Waals surface area contributed by atoms with Crippen LogP contribution in [0.15, 0.2) is 60.3 Å². The van der Waals surface area contributed by atoms with Crippen LogP contribution in [0.2, 0.25) is 0 Å². The number of aryl methyl sites for hydroxylation is 1. The Balaban J connectivity index is 1.85. The zero-order valence-corrected chi connectivity index (χ0v) is 16.5. The fourth-order valence-corrected chi connectivity index (χ4v) is 3.64. The number of fused-ring (bicyclic) bond motifs is 1. The summed E-state index contributed by atoms with van der Waals surface area (Å²) in [6, 6.07) is 13.5. The third kappa shape index (κ3) is 3.10. The fourth-order valence-electron chi connectivity index (χ4n) is 3.64. The van der Waals surface area contributed by atoms with Crippen LogP contribution >= 0.6 is 0 Å². The first kappa shape index (κ1) is 19.3. The first-order valence-corrected chi connectivity index (χ1v) is 9.52. The maximum Gasteiger partial charge on any atom is 0.335 e. The predicted octanol–water partition coefficient (Wildman–Crippen LogP) is 3.53. The number of urea groups is 1. The van der Waals surface area contributed by atoms with E-state index in [0.29, 0.717) is 23.2 Å². The number of para-hydroxylation sites is 2. The van der Waals surface area contributed by atoms with E-state index in [4.69, 9.17) is 0 Å². The minimum absolute atomic E-state index is 0.174. The molecule has 1 aliphatic rings. The number of aromatic nitrogens is 1. The van der Waals surface area contributed by atoms with Crippen molar-refractivity contribution in [2.24, 2.45) is 0 Å². The standard InChI is InChI=1S/C23H19N3O4/c1-3-15-8-4-6-10-19(15)26-22(29)18(21(28)24-23(26)30)12-16-13-25(14(2)27)20-11-7-5-9-17(16)20/h4-13H,3H2,1-2H3,(H,24,28,30)/b18-12-. The topological polar surface area (TPSA) is 88.5 Å². The number of nitrogens with one attached hydrogen (secondary N) is 1. The highest BCUT2D eigenvalue weighted by atomic mass is 16.2. The highest BCUT2D eigenvalue weighted by Crippen LogP contribution is 2.28. The molecule has 0 saturated carbocycles. The van der Waals surface area contributed by atoms with Gasteiger partial charge in [-0.1, -0.05) is 43.3 Å². The highest BCUT2D eigenvalue weighted by molar-refractivity contribution is 6.39. The number of carbonyl (C=O) groups is 4. The molecule has 4 amide bonds. The van der Waals surface area contributed by atoms with E-state index in [-0.39, 0.29) is 11.5 Å². The molecular formula is C23H19N3O4. The van der Waals surface area contributed by atoms with Gasteiger partial charge in [-0.05, 0) is 30.2 Å². The molecule has 3 aromatic rings. The summed E-state index contributed by atoms with van der Waals surface area (Å²) in [5.41, 5.74) is 2.28. The van der Waals surface area contributed by atoms with Gasteiger partial charge in [-0.15, -0.1) is 0 Å². The number of benzene rings is 2. The summed E-state index contributed by atoms with van der Waals surface area (Å²) in [6.07, 6.45) is 3.63. The zero-order valence-electron chi connectivity index (χ0n) is 16.5. The van der Waals surface area contributed by atoms with Crippen LogP contribution in [-0.2, 0) is 16.0 Å². The minimum atomic E-state index is -0.783. The molecular weight excluding hydrogens is 382 g/mol. The Hall–Kier alpha value is -4.00. The van der Waals surface area contributed by atoms with Crippen molar-refractivity contribution in [2.75, 3.05) is 4.90 Å². The van der Waals surface area contributed by atoms with E-state index < -0.39 is 17.8 Å². The molecule has 0 radical (unpaired) electrons. The normalized spacial score (nSPS) is 15.7. The van der Waals surface area contributed by atoms with Crippen molar-refractivity contribution in [1.82, 2.24) is 9.88 Å². The summed E-state index contributed by atoms with van der Waals surface area (Å²) in [5, 5.41) is 2.96. The molecule has 7 heteroatoms. The van der Waals surface area contributed by atoms with Crippen LogP contribution < -0.4 is 10.2 Å². The zero-order chi connectivity index (χ0) is 21.4. The molecule has 1 aromatic heterocycles. The summed E-state index contributed by atoms with van der Waals surface area (Å²) in [6.45, 7) is 3.35. The molecule has 1 aliphatic heterocycles. The third-order valence-corrected chi connectivity index (χ3v) is 5.10. The van der Waals surface area contributed by atoms with E-state index >= 15 is 0 Å². The summed E-state index contributed by atoms with van der Waals surface area (Å²) in [7, 11) is 0. The second kappa shape index (κ2) is 7.44. The van der Waals surface area contributed by atoms with Crippen LogP contribution in [0.1, 0.15) is 29.8 Å². The lowest BCUT2D eigenvalue weighted by atomic mass is 10.0. The number of amides is 4. The van der Waals surface area contributed by atoms with Crippen molar-refractivity contribution in [1.29, 1.82) is 0 Å². The Kier molecular flexibility index (Phi) is 4.79. The summed E-state index contributed by atoms with van der Waals surface area (Å²) in [4.78, 5) is 51.2. The van der Waals surface area contributed by atoms with Crippen LogP contribution in [0.4, 0.5) is 10.5 Å². The van der Waals surface area contributed by atoms with Gasteiger partial charge in [-0.3, -0.25) is 24.3 Å². The fraction of sp³-hybridized carbons (Fsp3) is 0.130. The van der Waals surface area contributed by atoms with Crippen LogP contribution in [0, 0.1) is 0 Å². The Bertz CT molecular complexity index is 1250. The van der Waals surface area contributed by atoms with Crippen LogP contribution in [0.5, 0.6) is 0 Å². The molecule has 1 fully saturated rings. The summed E-state index contributed by atoms with van der Waals surface area (Å²) in [5.74, 6) is -1.66. The molecule has 0 aliphatic carbocycles. The molecule has 7 nitrogen and oxygen atoms in total. The van der Waals surface area contributed by atoms with Gasteiger partial charge >= 0.3 is 6.03 Å². The molecule has 0 unspecified atom stereocenters. The van der Waals surface area contributed by atoms with Gasteiger partial charge in [0, 0.05) is 24.1 Å². The van der Waals surface area contributed by atoms with Gasteiger partial charge in [-0.25, -0.2) is 9.69 Å². The first-order chi connectivity index (χ1) is 14.4. The van der Waals surface area contributed by atoms with Gasteiger partial charge in [0.1, 0.15) is 5.57 Å². The van der Waals surface area contributed by atoms with Gasteiger partial charge in [-0.2, -0.15) is 0 Å². The lowest BCUT2D eigenvalue weighted by Gasteiger charge is -2.27. The van der Waals surface area contributed by atoms with Crippen molar-refractivity contribution in [3.63, 3.8) is 0 Å². The van der Waals surface area contributed by atoms with Crippen molar-refractivity contribution < 1.29 is 19.2 Å². The van der Waals surface area contributed by atoms with Gasteiger partial charge in [0.2, 0.25) is 5.91 Å². The van der Waals surface area contributed by atoms with Crippen molar-refractivity contribution >= 4 is 46.4 Å². The molecule has 30 heavy (non-hydrogen) atoms. The highest BCUT2D eigenvalue weighted by Gasteiger charge is 2.37. The molecule has 4 rings (SSSR count). The maximum absolute atomic E-state index is 13.2. The van der Waals surface area contributed by atoms with Crippen molar-refractivity contribution in [2.45, 2.75) is 20.3 Å². The minimum Gasteiger partial charge on any atom is -0.287 e. The molecule has 0 bridgehead atoms. The van der Waals surface area contributed by atoms with Crippen molar-refractivity contribution in [3.05, 3.63) is 71.4 Å². The smallest absolute Gasteiger partial charge is 0.287 e. The second-order valence-corrected chi connectivity index (χ2v) is 6.93. The summed E-state index contributed by atoms with van der Waals surface area (Å²) < 4.78 is 1.46. The van der Waals surface area contributed by atoms with Gasteiger partial charge in [0.15, 0.2) is 0 Å². The van der Waals surface area contributed by atoms with E-state index in [1.54, 1.807) is 30.5 Å². The molecule has 2 heterocycles. The maximum atomic E-state index is 13.2. The SMILES string of the molecule is CCc1ccccc1N1C(=O)NC(=O)/C(=C/c2cn(C(C)=O)c3ccccc23)C1=O. The lowest BCUT2D eigenvalue weighted by molar-refractivity contribution is -0.122. The first-order valence-electron chi connectivity index (χ1n) is 9.52. The van der Waals surface area contributed by atoms with Gasteiger partial charge in [0.05, 0.1) is 11.2 Å². The monoisotopic (exact) mass is 401 g/mol. The molecule has 0 atom stereocenters. The number of carbonyl (C=O) groups excluding carboxylic acids is 4. The summed E-state index contributed by atoms with van der Waals surface area (Å²) >= 11 is 0. The van der Waals surface area contributed by atoms with E-state index in [9.17, 15) is 19.2 Å². The Morgan fingerprint density at radius 3 is 2.47 bits per heavy atom. The Labute approximate surface area is 172 Å². The van der Waals surface area contributed by atoms with E-state index in [2.05, 4.69) is 5.32 Å². The average Bonchev–Trinajstić information content (AvgIpc) is 3.10. The van der Waals surface area contributed by atoms with Crippen molar-refractivity contribution in [3.8, 4) is 0 Å². The van der Waals surface area contributed by atoms with Crippen LogP contribution in [-0.4, -0.2) is 28.3 Å². The number of barbiturate groups is 1. The van der Waals surface area contributed by atoms with E-state index in [0.717, 1.165) is 15.8 Å². The lowest BCUT2D eigenvalue weighted by Crippen LogP contribution is -2.54. The third-order valence-electron chi connectivity index (χ3n) is 5.10. The molecule has 150 valence electrons. The number of imide groups is 2. The molecule has 2 aromatic carbocycles. The molecule has 1 saturated heterocycles. The van der Waals surface area contributed by atoms with Crippen LogP contribution in [0.25, 0.3) is 17.0 Å². The number of nitrogens with zero attached hydrogens (tertiary/aromatic N) is 2. The Morgan fingerprint density at radius 1 is 1.03 bits per heavy atom. The number of hydrogen-bond acceptors (Lipinski definition) is 4. The average molecular weight is 401 g/mol. The van der Waals surface area contributed by atoms with E-state index in [1.165, 1.54) is 17.6 Å². The second-order valence-electron chi connectivity index (χ2n) is 6.93. The largest absolute Gasteiger partial charge is 0.335 e. The molecule has 1 N–H and O–H groups in total. The predicted molar refractivity (Wildman–Crippen MR) is 113 cm³/mol. The molecule has 0 spiro atoms. The van der Waals surface area contributed by atoms with Crippen LogP contribution in [0.3, 0.4) is 0 Å². The number of anilines is 1. The van der Waals surface area contributed by atoms with Gasteiger partial charge < -0.3 is 0 Å². The number of hydrogen-bond donors (Lipinski definition) is 1. The quantitative estimate of drug-likeness (QED) is 0.537. The van der Waals surface area contributed by atoms with Gasteiger partial charge in [0.25, 0.3) is 11.8 Å². The Morgan fingerprint density at radius 2 is 1.73 bits per heavy atom. The number of rotatable bonds is 3.